The topological polar surface area (TPSA) is 17.1 Å². The first-order valence-corrected chi connectivity index (χ1v) is 6.26. The second kappa shape index (κ2) is 5.45. The summed E-state index contributed by atoms with van der Waals surface area (Å²) < 4.78 is 0. The third-order valence-corrected chi connectivity index (χ3v) is 3.57. The first-order valence-electron chi connectivity index (χ1n) is 5.34. The molecule has 0 fully saturated rings. The maximum atomic E-state index is 11.8. The fraction of sp³-hybridized carbons (Fsp3) is 0.462. The van der Waals surface area contributed by atoms with Gasteiger partial charge in [-0.25, -0.2) is 0 Å². The molecule has 2 heteroatoms. The van der Waals surface area contributed by atoms with E-state index >= 15 is 0 Å². The second-order valence-corrected chi connectivity index (χ2v) is 5.12. The van der Waals surface area contributed by atoms with Crippen molar-refractivity contribution in [2.75, 3.05) is 0 Å². The average Bonchev–Trinajstić information content (AvgIpc) is 2.27. The Labute approximate surface area is 100 Å². The first-order chi connectivity index (χ1) is 7.06. The van der Waals surface area contributed by atoms with Crippen LogP contribution in [0.2, 0.25) is 0 Å². The van der Waals surface area contributed by atoms with Crippen molar-refractivity contribution in [2.45, 2.75) is 37.9 Å². The Kier molecular flexibility index (Phi) is 4.52. The third-order valence-electron chi connectivity index (χ3n) is 2.50. The lowest BCUT2D eigenvalue weighted by atomic mass is 9.99. The smallest absolute Gasteiger partial charge is 0.176 e. The van der Waals surface area contributed by atoms with Gasteiger partial charge < -0.3 is 0 Å². The van der Waals surface area contributed by atoms with Crippen LogP contribution < -0.4 is 0 Å². The van der Waals surface area contributed by atoms with Crippen molar-refractivity contribution >= 4 is 21.7 Å². The maximum Gasteiger partial charge on any atom is 0.176 e. The number of carbonyl (C=O) groups excluding carboxylic acids is 1. The number of carbonyl (C=O) groups is 1. The van der Waals surface area contributed by atoms with E-state index in [1.165, 1.54) is 5.56 Å². The molecule has 1 nitrogen and oxygen atoms in total. The molecule has 0 bridgehead atoms. The Morgan fingerprint density at radius 2 is 1.80 bits per heavy atom. The molecule has 0 aliphatic rings. The van der Waals surface area contributed by atoms with Crippen LogP contribution in [0.1, 0.15) is 49.0 Å². The molecular weight excluding hydrogens is 252 g/mol. The van der Waals surface area contributed by atoms with E-state index in [1.807, 2.05) is 31.2 Å². The minimum atomic E-state index is -0.0533. The summed E-state index contributed by atoms with van der Waals surface area (Å²) in [4.78, 5) is 11.8. The minimum absolute atomic E-state index is 0.0533. The van der Waals surface area contributed by atoms with Gasteiger partial charge in [0.25, 0.3) is 0 Å². The van der Waals surface area contributed by atoms with Crippen molar-refractivity contribution < 1.29 is 4.79 Å². The van der Waals surface area contributed by atoms with Crippen molar-refractivity contribution in [3.8, 4) is 0 Å². The number of halogens is 1. The molecule has 82 valence electrons. The molecule has 0 saturated heterocycles. The minimum Gasteiger partial charge on any atom is -0.293 e. The van der Waals surface area contributed by atoms with Gasteiger partial charge >= 0.3 is 0 Å². The Bertz CT molecular complexity index is 327. The fourth-order valence-corrected chi connectivity index (χ4v) is 1.66. The van der Waals surface area contributed by atoms with Gasteiger partial charge in [-0.15, -0.1) is 0 Å². The molecule has 1 unspecified atom stereocenters. The average molecular weight is 269 g/mol. The maximum absolute atomic E-state index is 11.8. The van der Waals surface area contributed by atoms with Crippen molar-refractivity contribution in [3.05, 3.63) is 35.4 Å². The molecule has 0 heterocycles. The highest BCUT2D eigenvalue weighted by Crippen LogP contribution is 2.18. The number of ketones is 1. The highest BCUT2D eigenvalue weighted by Gasteiger charge is 2.14. The van der Waals surface area contributed by atoms with Gasteiger partial charge in [-0.1, -0.05) is 61.0 Å². The predicted octanol–water partition coefficient (Wildman–Crippen LogP) is 4.17. The van der Waals surface area contributed by atoms with Gasteiger partial charge in [0.2, 0.25) is 0 Å². The molecule has 1 aromatic rings. The van der Waals surface area contributed by atoms with Crippen molar-refractivity contribution in [2.24, 2.45) is 0 Å². The van der Waals surface area contributed by atoms with Crippen molar-refractivity contribution in [1.82, 2.24) is 0 Å². The largest absolute Gasteiger partial charge is 0.293 e. The molecule has 0 radical (unpaired) electrons. The summed E-state index contributed by atoms with van der Waals surface area (Å²) in [6, 6.07) is 7.91. The summed E-state index contributed by atoms with van der Waals surface area (Å²) in [6.45, 7) is 6.30. The molecule has 0 N–H and O–H groups in total. The Morgan fingerprint density at radius 1 is 1.27 bits per heavy atom. The number of hydrogen-bond acceptors (Lipinski definition) is 1. The van der Waals surface area contributed by atoms with Crippen LogP contribution >= 0.6 is 15.9 Å². The molecule has 0 saturated carbocycles. The Balaban J connectivity index is 2.84. The molecular formula is C13H17BrO. The molecule has 0 aliphatic carbocycles. The van der Waals surface area contributed by atoms with Crippen molar-refractivity contribution in [1.29, 1.82) is 0 Å². The summed E-state index contributed by atoms with van der Waals surface area (Å²) >= 11 is 3.38. The summed E-state index contributed by atoms with van der Waals surface area (Å²) in [5.41, 5.74) is 2.07. The number of hydrogen-bond donors (Lipinski definition) is 0. The summed E-state index contributed by atoms with van der Waals surface area (Å²) in [5.74, 6) is 0.688. The van der Waals surface area contributed by atoms with E-state index in [2.05, 4.69) is 29.8 Å². The van der Waals surface area contributed by atoms with Gasteiger partial charge in [0.1, 0.15) is 0 Å². The molecule has 1 rings (SSSR count). The highest BCUT2D eigenvalue weighted by atomic mass is 79.9. The van der Waals surface area contributed by atoms with E-state index in [0.29, 0.717) is 5.92 Å². The SMILES string of the molecule is CCC(Br)C(=O)c1ccc(C(C)C)cc1. The van der Waals surface area contributed by atoms with Crippen LogP contribution in [-0.2, 0) is 0 Å². The molecule has 1 aromatic carbocycles. The summed E-state index contributed by atoms with van der Waals surface area (Å²) in [7, 11) is 0. The van der Waals surface area contributed by atoms with Crippen LogP contribution in [0.3, 0.4) is 0 Å². The lowest BCUT2D eigenvalue weighted by molar-refractivity contribution is 0.0990. The molecule has 15 heavy (non-hydrogen) atoms. The molecule has 1 atom stereocenters. The molecule has 0 aliphatic heterocycles. The second-order valence-electron chi connectivity index (χ2n) is 4.02. The van der Waals surface area contributed by atoms with Gasteiger partial charge in [-0.05, 0) is 17.9 Å². The van der Waals surface area contributed by atoms with Crippen molar-refractivity contribution in [3.63, 3.8) is 0 Å². The van der Waals surface area contributed by atoms with Crippen LogP contribution in [0, 0.1) is 0 Å². The monoisotopic (exact) mass is 268 g/mol. The first kappa shape index (κ1) is 12.4. The number of benzene rings is 1. The van der Waals surface area contributed by atoms with Gasteiger partial charge in [-0.2, -0.15) is 0 Å². The van der Waals surface area contributed by atoms with Crippen LogP contribution in [-0.4, -0.2) is 10.6 Å². The van der Waals surface area contributed by atoms with Crippen LogP contribution in [0.4, 0.5) is 0 Å². The summed E-state index contributed by atoms with van der Waals surface area (Å²) in [5, 5.41) is 0. The van der Waals surface area contributed by atoms with E-state index in [0.717, 1.165) is 12.0 Å². The zero-order chi connectivity index (χ0) is 11.4. The zero-order valence-corrected chi connectivity index (χ0v) is 11.0. The lowest BCUT2D eigenvalue weighted by Gasteiger charge is -2.08. The van der Waals surface area contributed by atoms with Crippen LogP contribution in [0.5, 0.6) is 0 Å². The number of Topliss-reactive ketones (excluding diaryl/α,β-unsaturated/α-hetero) is 1. The Hall–Kier alpha value is -0.630. The van der Waals surface area contributed by atoms with E-state index in [4.69, 9.17) is 0 Å². The van der Waals surface area contributed by atoms with Gasteiger partial charge in [0.15, 0.2) is 5.78 Å². The fourth-order valence-electron chi connectivity index (χ4n) is 1.40. The van der Waals surface area contributed by atoms with Crippen LogP contribution in [0.15, 0.2) is 24.3 Å². The standard InChI is InChI=1S/C13H17BrO/c1-4-12(14)13(15)11-7-5-10(6-8-11)9(2)3/h5-9,12H,4H2,1-3H3. The normalized spacial score (nSPS) is 12.9. The molecule has 0 amide bonds. The Morgan fingerprint density at radius 3 is 2.20 bits per heavy atom. The quantitative estimate of drug-likeness (QED) is 0.592. The van der Waals surface area contributed by atoms with E-state index in [9.17, 15) is 4.79 Å². The van der Waals surface area contributed by atoms with E-state index < -0.39 is 0 Å². The summed E-state index contributed by atoms with van der Waals surface area (Å²) in [6.07, 6.45) is 0.824. The lowest BCUT2D eigenvalue weighted by Crippen LogP contribution is -2.12. The van der Waals surface area contributed by atoms with E-state index in [1.54, 1.807) is 0 Å². The molecule has 0 aromatic heterocycles. The van der Waals surface area contributed by atoms with Gasteiger partial charge in [0, 0.05) is 5.56 Å². The molecule has 0 spiro atoms. The van der Waals surface area contributed by atoms with Gasteiger partial charge in [0.05, 0.1) is 4.83 Å². The van der Waals surface area contributed by atoms with E-state index in [-0.39, 0.29) is 10.6 Å². The predicted molar refractivity (Wildman–Crippen MR) is 67.9 cm³/mol. The third kappa shape index (κ3) is 3.16. The highest BCUT2D eigenvalue weighted by molar-refractivity contribution is 9.10. The van der Waals surface area contributed by atoms with Gasteiger partial charge in [-0.3, -0.25) is 4.79 Å². The zero-order valence-electron chi connectivity index (χ0n) is 9.46. The van der Waals surface area contributed by atoms with Crippen LogP contribution in [0.25, 0.3) is 0 Å². The number of alkyl halides is 1. The number of rotatable bonds is 4.